The molecule has 0 saturated carbocycles. The molecule has 0 radical (unpaired) electrons. The molecule has 12 heavy (non-hydrogen) atoms. The Labute approximate surface area is 72.6 Å². The normalized spacial score (nSPS) is 37.6. The summed E-state index contributed by atoms with van der Waals surface area (Å²) in [5.41, 5.74) is 1.22. The number of ether oxygens (including phenoxy) is 1. The zero-order chi connectivity index (χ0) is 8.93. The maximum Gasteiger partial charge on any atom is 0.310 e. The third-order valence-corrected chi connectivity index (χ3v) is 3.18. The lowest BCUT2D eigenvalue weighted by atomic mass is 9.70. The summed E-state index contributed by atoms with van der Waals surface area (Å²) in [5, 5.41) is 0. The van der Waals surface area contributed by atoms with Gasteiger partial charge >= 0.3 is 5.97 Å². The van der Waals surface area contributed by atoms with Gasteiger partial charge in [0.1, 0.15) is 6.10 Å². The highest BCUT2D eigenvalue weighted by Gasteiger charge is 2.52. The van der Waals surface area contributed by atoms with Crippen LogP contribution in [0.1, 0.15) is 27.2 Å². The van der Waals surface area contributed by atoms with Gasteiger partial charge in [-0.1, -0.05) is 19.9 Å². The largest absolute Gasteiger partial charge is 0.457 e. The number of esters is 1. The summed E-state index contributed by atoms with van der Waals surface area (Å²) in [6.45, 7) is 6.27. The molecule has 0 aromatic carbocycles. The monoisotopic (exact) mass is 166 g/mol. The lowest BCUT2D eigenvalue weighted by Gasteiger charge is -2.32. The van der Waals surface area contributed by atoms with Gasteiger partial charge in [-0.25, -0.2) is 0 Å². The first-order chi connectivity index (χ1) is 5.53. The first-order valence-electron chi connectivity index (χ1n) is 4.40. The Kier molecular flexibility index (Phi) is 1.39. The van der Waals surface area contributed by atoms with Crippen molar-refractivity contribution in [2.75, 3.05) is 0 Å². The van der Waals surface area contributed by atoms with Crippen molar-refractivity contribution in [3.63, 3.8) is 0 Å². The van der Waals surface area contributed by atoms with E-state index in [-0.39, 0.29) is 23.4 Å². The van der Waals surface area contributed by atoms with E-state index in [1.165, 1.54) is 5.57 Å². The fourth-order valence-electron chi connectivity index (χ4n) is 2.33. The molecule has 1 saturated heterocycles. The quantitative estimate of drug-likeness (QED) is 0.406. The van der Waals surface area contributed by atoms with E-state index in [4.69, 9.17) is 4.74 Å². The molecule has 1 aliphatic heterocycles. The van der Waals surface area contributed by atoms with Gasteiger partial charge in [-0.15, -0.1) is 0 Å². The average molecular weight is 166 g/mol. The van der Waals surface area contributed by atoms with Gasteiger partial charge < -0.3 is 4.74 Å². The van der Waals surface area contributed by atoms with Crippen LogP contribution in [0.5, 0.6) is 0 Å². The molecule has 0 unspecified atom stereocenters. The topological polar surface area (TPSA) is 26.3 Å². The first kappa shape index (κ1) is 7.84. The lowest BCUT2D eigenvalue weighted by molar-refractivity contribution is -0.142. The predicted octanol–water partition coefficient (Wildman–Crippen LogP) is 1.90. The lowest BCUT2D eigenvalue weighted by Crippen LogP contribution is -2.33. The Bertz CT molecular complexity index is 263. The first-order valence-corrected chi connectivity index (χ1v) is 4.40. The molecule has 2 bridgehead atoms. The third kappa shape index (κ3) is 0.780. The van der Waals surface area contributed by atoms with Gasteiger partial charge in [0.2, 0.25) is 0 Å². The zero-order valence-electron chi connectivity index (χ0n) is 7.76. The Morgan fingerprint density at radius 3 is 2.83 bits per heavy atom. The highest BCUT2D eigenvalue weighted by Crippen LogP contribution is 2.48. The van der Waals surface area contributed by atoms with Crippen molar-refractivity contribution >= 4 is 5.97 Å². The number of carbonyl (C=O) groups excluding carboxylic acids is 1. The Balaban J connectivity index is 2.44. The van der Waals surface area contributed by atoms with Crippen LogP contribution in [0.2, 0.25) is 0 Å². The molecule has 0 aromatic heterocycles. The van der Waals surface area contributed by atoms with Crippen LogP contribution in [0.4, 0.5) is 0 Å². The van der Waals surface area contributed by atoms with E-state index in [1.807, 2.05) is 6.92 Å². The third-order valence-electron chi connectivity index (χ3n) is 3.18. The van der Waals surface area contributed by atoms with Gasteiger partial charge in [0.05, 0.1) is 5.92 Å². The second-order valence-electron chi connectivity index (χ2n) is 4.37. The predicted molar refractivity (Wildman–Crippen MR) is 45.5 cm³/mol. The highest BCUT2D eigenvalue weighted by atomic mass is 16.6. The molecule has 66 valence electrons. The number of fused-ring (bicyclic) bond motifs is 2. The minimum atomic E-state index is -0.0156. The minimum Gasteiger partial charge on any atom is -0.457 e. The Hall–Kier alpha value is -0.790. The van der Waals surface area contributed by atoms with Gasteiger partial charge in [0.15, 0.2) is 0 Å². The number of rotatable bonds is 0. The second kappa shape index (κ2) is 2.12. The zero-order valence-corrected chi connectivity index (χ0v) is 7.76. The maximum absolute atomic E-state index is 11.4. The summed E-state index contributed by atoms with van der Waals surface area (Å²) < 4.78 is 5.31. The molecule has 2 heteroatoms. The number of hydrogen-bond acceptors (Lipinski definition) is 2. The summed E-state index contributed by atoms with van der Waals surface area (Å²) in [5.74, 6) is 0.0734. The van der Waals surface area contributed by atoms with E-state index in [2.05, 4.69) is 19.9 Å². The summed E-state index contributed by atoms with van der Waals surface area (Å²) in [6, 6.07) is 0. The van der Waals surface area contributed by atoms with E-state index in [1.54, 1.807) is 0 Å². The molecule has 2 nitrogen and oxygen atoms in total. The van der Waals surface area contributed by atoms with Crippen molar-refractivity contribution in [1.29, 1.82) is 0 Å². The van der Waals surface area contributed by atoms with E-state index in [0.29, 0.717) is 0 Å². The van der Waals surface area contributed by atoms with Crippen LogP contribution in [0.25, 0.3) is 0 Å². The second-order valence-corrected chi connectivity index (χ2v) is 4.37. The summed E-state index contributed by atoms with van der Waals surface area (Å²) in [7, 11) is 0. The summed E-state index contributed by atoms with van der Waals surface area (Å²) in [6.07, 6.45) is 3.02. The molecule has 2 rings (SSSR count). The maximum atomic E-state index is 11.4. The number of carbonyl (C=O) groups is 1. The SMILES string of the molecule is CC1=CC[C@H]2C(=O)O[C@@H]1C2(C)C. The van der Waals surface area contributed by atoms with Crippen LogP contribution in [0, 0.1) is 11.3 Å². The molecule has 1 heterocycles. The summed E-state index contributed by atoms with van der Waals surface area (Å²) in [4.78, 5) is 11.4. The fraction of sp³-hybridized carbons (Fsp3) is 0.700. The average Bonchev–Trinajstić information content (AvgIpc) is 2.14. The molecule has 0 spiro atoms. The molecule has 1 aliphatic carbocycles. The molecular weight excluding hydrogens is 152 g/mol. The number of allylic oxidation sites excluding steroid dienone is 1. The van der Waals surface area contributed by atoms with Crippen molar-refractivity contribution in [2.24, 2.45) is 11.3 Å². The van der Waals surface area contributed by atoms with Gasteiger partial charge in [-0.05, 0) is 18.9 Å². The van der Waals surface area contributed by atoms with Crippen molar-refractivity contribution < 1.29 is 9.53 Å². The van der Waals surface area contributed by atoms with Gasteiger partial charge in [-0.3, -0.25) is 4.79 Å². The van der Waals surface area contributed by atoms with Crippen LogP contribution in [0.15, 0.2) is 11.6 Å². The molecule has 0 N–H and O–H groups in total. The van der Waals surface area contributed by atoms with Crippen LogP contribution >= 0.6 is 0 Å². The molecular formula is C10H14O2. The standard InChI is InChI=1S/C10H14O2/c1-6-4-5-7-9(11)12-8(6)10(7,2)3/h4,7-8H,5H2,1-3H3/t7-,8-/m0/s1. The van der Waals surface area contributed by atoms with E-state index in [9.17, 15) is 4.79 Å². The van der Waals surface area contributed by atoms with Crippen molar-refractivity contribution in [1.82, 2.24) is 0 Å². The molecule has 2 aliphatic rings. The van der Waals surface area contributed by atoms with Gasteiger partial charge in [-0.2, -0.15) is 0 Å². The van der Waals surface area contributed by atoms with E-state index >= 15 is 0 Å². The smallest absolute Gasteiger partial charge is 0.310 e. The molecule has 0 amide bonds. The Morgan fingerprint density at radius 2 is 2.25 bits per heavy atom. The van der Waals surface area contributed by atoms with Gasteiger partial charge in [0.25, 0.3) is 0 Å². The minimum absolute atomic E-state index is 0.00984. The van der Waals surface area contributed by atoms with Crippen LogP contribution in [0.3, 0.4) is 0 Å². The molecule has 0 aromatic rings. The number of hydrogen-bond donors (Lipinski definition) is 0. The molecule has 2 atom stereocenters. The highest BCUT2D eigenvalue weighted by molar-refractivity contribution is 5.77. The molecule has 1 fully saturated rings. The van der Waals surface area contributed by atoms with Crippen LogP contribution in [-0.4, -0.2) is 12.1 Å². The van der Waals surface area contributed by atoms with Crippen LogP contribution < -0.4 is 0 Å². The van der Waals surface area contributed by atoms with Crippen LogP contribution in [-0.2, 0) is 9.53 Å². The van der Waals surface area contributed by atoms with Crippen molar-refractivity contribution in [3.8, 4) is 0 Å². The van der Waals surface area contributed by atoms with Crippen molar-refractivity contribution in [2.45, 2.75) is 33.3 Å². The van der Waals surface area contributed by atoms with E-state index in [0.717, 1.165) is 6.42 Å². The summed E-state index contributed by atoms with van der Waals surface area (Å²) >= 11 is 0. The van der Waals surface area contributed by atoms with Gasteiger partial charge in [0, 0.05) is 5.41 Å². The van der Waals surface area contributed by atoms with E-state index < -0.39 is 0 Å². The fourth-order valence-corrected chi connectivity index (χ4v) is 2.33. The van der Waals surface area contributed by atoms with Crippen molar-refractivity contribution in [3.05, 3.63) is 11.6 Å². The Morgan fingerprint density at radius 1 is 1.58 bits per heavy atom.